The molecule has 2 aromatic rings. The summed E-state index contributed by atoms with van der Waals surface area (Å²) in [4.78, 5) is 23.8. The molecule has 6 heteroatoms. The lowest BCUT2D eigenvalue weighted by atomic mass is 10.2. The third-order valence-electron chi connectivity index (χ3n) is 2.21. The van der Waals surface area contributed by atoms with Crippen molar-refractivity contribution in [3.8, 4) is 0 Å². The van der Waals surface area contributed by atoms with E-state index >= 15 is 0 Å². The van der Waals surface area contributed by atoms with Gasteiger partial charge < -0.3 is 9.84 Å². The van der Waals surface area contributed by atoms with E-state index in [0.29, 0.717) is 4.83 Å². The highest BCUT2D eigenvalue weighted by molar-refractivity contribution is 7.17. The summed E-state index contributed by atoms with van der Waals surface area (Å²) >= 11 is 1.31. The van der Waals surface area contributed by atoms with E-state index in [1.807, 2.05) is 0 Å². The minimum atomic E-state index is -1.15. The zero-order valence-electron chi connectivity index (χ0n) is 10.3. The maximum atomic E-state index is 12.0. The van der Waals surface area contributed by atoms with Crippen LogP contribution in [0.1, 0.15) is 31.3 Å². The molecule has 0 aliphatic heterocycles. The van der Waals surface area contributed by atoms with Gasteiger partial charge in [-0.05, 0) is 38.3 Å². The van der Waals surface area contributed by atoms with Gasteiger partial charge in [-0.2, -0.15) is 0 Å². The minimum absolute atomic E-state index is 0.0777. The van der Waals surface area contributed by atoms with Gasteiger partial charge in [0.2, 0.25) is 0 Å². The van der Waals surface area contributed by atoms with Crippen LogP contribution in [0.5, 0.6) is 0 Å². The van der Waals surface area contributed by atoms with Crippen molar-refractivity contribution in [2.45, 2.75) is 26.4 Å². The Morgan fingerprint density at radius 3 is 2.61 bits per heavy atom. The van der Waals surface area contributed by atoms with Gasteiger partial charge in [0, 0.05) is 5.39 Å². The molecular formula is C12H13NO4S. The van der Waals surface area contributed by atoms with Gasteiger partial charge in [0.1, 0.15) is 16.1 Å². The van der Waals surface area contributed by atoms with Crippen LogP contribution in [0.2, 0.25) is 0 Å². The first kappa shape index (κ1) is 12.6. The number of carboxylic acids is 1. The number of aromatic nitrogens is 1. The molecule has 0 unspecified atom stereocenters. The van der Waals surface area contributed by atoms with Gasteiger partial charge in [-0.3, -0.25) is 0 Å². The maximum absolute atomic E-state index is 12.0. The number of nitrogens with zero attached hydrogens (tertiary/aromatic N) is 1. The number of carboxylic acid groups (broad SMARTS) is 1. The lowest BCUT2D eigenvalue weighted by molar-refractivity contribution is 0.0513. The molecule has 2 aromatic heterocycles. The summed E-state index contributed by atoms with van der Waals surface area (Å²) in [6.45, 7) is 5.21. The van der Waals surface area contributed by atoms with E-state index in [1.165, 1.54) is 17.4 Å². The van der Waals surface area contributed by atoms with Crippen molar-refractivity contribution in [1.82, 2.24) is 4.57 Å². The topological polar surface area (TPSA) is 68.5 Å². The third kappa shape index (κ3) is 2.24. The van der Waals surface area contributed by atoms with Crippen LogP contribution >= 0.6 is 11.3 Å². The molecule has 0 aliphatic carbocycles. The monoisotopic (exact) mass is 267 g/mol. The highest BCUT2D eigenvalue weighted by Gasteiger charge is 2.25. The number of ether oxygens (including phenoxy) is 1. The van der Waals surface area contributed by atoms with Crippen LogP contribution in [-0.4, -0.2) is 27.3 Å². The van der Waals surface area contributed by atoms with Gasteiger partial charge in [0.15, 0.2) is 0 Å². The molecule has 0 saturated heterocycles. The fraction of sp³-hybridized carbons (Fsp3) is 0.333. The normalized spacial score (nSPS) is 11.7. The smallest absolute Gasteiger partial charge is 0.420 e. The van der Waals surface area contributed by atoms with Crippen molar-refractivity contribution in [3.05, 3.63) is 23.2 Å². The Hall–Kier alpha value is -1.82. The fourth-order valence-electron chi connectivity index (χ4n) is 1.57. The first-order valence-electron chi connectivity index (χ1n) is 5.35. The van der Waals surface area contributed by atoms with E-state index < -0.39 is 17.7 Å². The van der Waals surface area contributed by atoms with Gasteiger partial charge in [0.25, 0.3) is 0 Å². The fourth-order valence-corrected chi connectivity index (χ4v) is 2.46. The Morgan fingerprint density at radius 1 is 1.39 bits per heavy atom. The Bertz CT molecular complexity index is 618. The Kier molecular flexibility index (Phi) is 2.90. The van der Waals surface area contributed by atoms with Crippen molar-refractivity contribution in [2.24, 2.45) is 0 Å². The minimum Gasteiger partial charge on any atom is -0.477 e. The molecule has 0 amide bonds. The van der Waals surface area contributed by atoms with Crippen LogP contribution in [0.4, 0.5) is 4.79 Å². The Morgan fingerprint density at radius 2 is 2.06 bits per heavy atom. The molecule has 2 heterocycles. The molecule has 0 aromatic carbocycles. The zero-order valence-corrected chi connectivity index (χ0v) is 11.1. The van der Waals surface area contributed by atoms with Crippen LogP contribution in [0.25, 0.3) is 10.2 Å². The van der Waals surface area contributed by atoms with Gasteiger partial charge >= 0.3 is 12.1 Å². The van der Waals surface area contributed by atoms with Gasteiger partial charge in [0.05, 0.1) is 0 Å². The number of aromatic carboxylic acids is 1. The van der Waals surface area contributed by atoms with Crippen molar-refractivity contribution < 1.29 is 19.4 Å². The second-order valence-corrected chi connectivity index (χ2v) is 5.73. The lowest BCUT2D eigenvalue weighted by Crippen LogP contribution is -2.28. The summed E-state index contributed by atoms with van der Waals surface area (Å²) in [6.07, 6.45) is -0.669. The van der Waals surface area contributed by atoms with Crippen LogP contribution in [0, 0.1) is 0 Å². The number of carbonyl (C=O) groups is 2. The van der Waals surface area contributed by atoms with Crippen LogP contribution in [0.15, 0.2) is 17.5 Å². The molecular weight excluding hydrogens is 254 g/mol. The lowest BCUT2D eigenvalue weighted by Gasteiger charge is -2.20. The number of thiophene rings is 1. The summed E-state index contributed by atoms with van der Waals surface area (Å²) in [7, 11) is 0. The van der Waals surface area contributed by atoms with E-state index in [2.05, 4.69) is 0 Å². The number of fused-ring (bicyclic) bond motifs is 1. The number of hydrogen-bond donors (Lipinski definition) is 1. The van der Waals surface area contributed by atoms with Gasteiger partial charge in [-0.15, -0.1) is 11.3 Å². The molecule has 0 aliphatic rings. The maximum Gasteiger partial charge on any atom is 0.420 e. The SMILES string of the molecule is CC(C)(C)OC(=O)n1c(C(=O)O)cc2ccsc21. The van der Waals surface area contributed by atoms with Crippen molar-refractivity contribution in [1.29, 1.82) is 0 Å². The summed E-state index contributed by atoms with van der Waals surface area (Å²) in [5, 5.41) is 11.6. The van der Waals surface area contributed by atoms with E-state index in [4.69, 9.17) is 9.84 Å². The summed E-state index contributed by atoms with van der Waals surface area (Å²) in [5.41, 5.74) is -0.744. The average Bonchev–Trinajstić information content (AvgIpc) is 2.70. The Balaban J connectivity index is 2.53. The number of rotatable bonds is 1. The molecule has 0 radical (unpaired) electrons. The van der Waals surface area contributed by atoms with Crippen molar-refractivity contribution in [2.75, 3.05) is 0 Å². The summed E-state index contributed by atoms with van der Waals surface area (Å²) < 4.78 is 6.32. The number of carbonyl (C=O) groups excluding carboxylic acids is 1. The highest BCUT2D eigenvalue weighted by Crippen LogP contribution is 2.26. The van der Waals surface area contributed by atoms with Crippen LogP contribution < -0.4 is 0 Å². The summed E-state index contributed by atoms with van der Waals surface area (Å²) in [5.74, 6) is -1.15. The van der Waals surface area contributed by atoms with Crippen LogP contribution in [0.3, 0.4) is 0 Å². The second kappa shape index (κ2) is 4.13. The van der Waals surface area contributed by atoms with E-state index in [0.717, 1.165) is 9.95 Å². The molecule has 0 bridgehead atoms. The van der Waals surface area contributed by atoms with Gasteiger partial charge in [-0.25, -0.2) is 14.2 Å². The molecule has 18 heavy (non-hydrogen) atoms. The van der Waals surface area contributed by atoms with Crippen molar-refractivity contribution in [3.63, 3.8) is 0 Å². The quantitative estimate of drug-likeness (QED) is 0.861. The third-order valence-corrected chi connectivity index (χ3v) is 3.12. The van der Waals surface area contributed by atoms with E-state index in [9.17, 15) is 9.59 Å². The van der Waals surface area contributed by atoms with E-state index in [1.54, 1.807) is 32.2 Å². The molecule has 0 atom stereocenters. The molecule has 96 valence electrons. The predicted molar refractivity (Wildman–Crippen MR) is 68.4 cm³/mol. The largest absolute Gasteiger partial charge is 0.477 e. The first-order valence-corrected chi connectivity index (χ1v) is 6.23. The summed E-state index contributed by atoms with van der Waals surface area (Å²) in [6, 6.07) is 3.24. The predicted octanol–water partition coefficient (Wildman–Crippen LogP) is 3.18. The standard InChI is InChI=1S/C12H13NO4S/c1-12(2,3)17-11(16)13-8(10(14)15)6-7-4-5-18-9(7)13/h4-6H,1-3H3,(H,14,15). The van der Waals surface area contributed by atoms with E-state index in [-0.39, 0.29) is 5.69 Å². The first-order chi connectivity index (χ1) is 8.29. The zero-order chi connectivity index (χ0) is 13.5. The molecule has 2 rings (SSSR count). The molecule has 1 N–H and O–H groups in total. The average molecular weight is 267 g/mol. The highest BCUT2D eigenvalue weighted by atomic mass is 32.1. The Labute approximate surface area is 108 Å². The second-order valence-electron chi connectivity index (χ2n) is 4.83. The number of hydrogen-bond acceptors (Lipinski definition) is 4. The molecule has 0 fully saturated rings. The van der Waals surface area contributed by atoms with Crippen molar-refractivity contribution >= 4 is 33.6 Å². The molecule has 0 spiro atoms. The van der Waals surface area contributed by atoms with Crippen LogP contribution in [-0.2, 0) is 4.74 Å². The molecule has 0 saturated carbocycles. The molecule has 5 nitrogen and oxygen atoms in total. The van der Waals surface area contributed by atoms with Gasteiger partial charge in [-0.1, -0.05) is 0 Å².